The standard InChI is InChI=1S/C35H40F2O2/c1-24-22-28(37)13-19-32(24)34-8-5-7-27-23-29(38)14-20-33(27)35(34)26-11-17-31(18-12-26)39-30-15-9-25(10-16-30)6-3-2-4-21-36/h11-14,17-20,22-23,25,30,38H,2-10,15-16,21H2,1H3. The molecule has 2 aliphatic rings. The molecule has 0 bridgehead atoms. The van der Waals surface area contributed by atoms with Crippen LogP contribution in [0.25, 0.3) is 11.1 Å². The summed E-state index contributed by atoms with van der Waals surface area (Å²) in [5.41, 5.74) is 7.75. The SMILES string of the molecule is Cc1cc(F)ccc1C1=C(c2ccc(OC3CCC(CCCCCF)CC3)cc2)c2ccc(O)cc2CCC1. The number of aryl methyl sites for hydroxylation is 2. The molecule has 0 heterocycles. The van der Waals surface area contributed by atoms with Crippen LogP contribution >= 0.6 is 0 Å². The van der Waals surface area contributed by atoms with Crippen LogP contribution < -0.4 is 4.74 Å². The summed E-state index contributed by atoms with van der Waals surface area (Å²) in [6, 6.07) is 19.1. The van der Waals surface area contributed by atoms with Gasteiger partial charge in [-0.3, -0.25) is 4.39 Å². The van der Waals surface area contributed by atoms with Crippen LogP contribution in [0.3, 0.4) is 0 Å². The molecule has 2 aliphatic carbocycles. The molecule has 3 aromatic rings. The molecular formula is C35H40F2O2. The van der Waals surface area contributed by atoms with Gasteiger partial charge >= 0.3 is 0 Å². The lowest BCUT2D eigenvalue weighted by atomic mass is 9.84. The molecule has 0 amide bonds. The van der Waals surface area contributed by atoms with Crippen LogP contribution in [0.1, 0.15) is 92.0 Å². The van der Waals surface area contributed by atoms with Crippen LogP contribution in [0.5, 0.6) is 11.5 Å². The maximum absolute atomic E-state index is 14.0. The Morgan fingerprint density at radius 2 is 1.62 bits per heavy atom. The highest BCUT2D eigenvalue weighted by Gasteiger charge is 2.24. The zero-order chi connectivity index (χ0) is 27.2. The summed E-state index contributed by atoms with van der Waals surface area (Å²) in [7, 11) is 0. The number of rotatable bonds is 9. The van der Waals surface area contributed by atoms with Gasteiger partial charge in [0.15, 0.2) is 0 Å². The Hall–Kier alpha value is -3.14. The maximum atomic E-state index is 14.0. The third kappa shape index (κ3) is 6.72. The molecule has 0 unspecified atom stereocenters. The summed E-state index contributed by atoms with van der Waals surface area (Å²) in [6.45, 7) is 1.78. The predicted octanol–water partition coefficient (Wildman–Crippen LogP) is 9.60. The first-order valence-corrected chi connectivity index (χ1v) is 14.7. The Morgan fingerprint density at radius 1 is 0.846 bits per heavy atom. The molecule has 0 spiro atoms. The maximum Gasteiger partial charge on any atom is 0.123 e. The highest BCUT2D eigenvalue weighted by molar-refractivity contribution is 6.00. The van der Waals surface area contributed by atoms with E-state index in [4.69, 9.17) is 4.74 Å². The van der Waals surface area contributed by atoms with Crippen molar-refractivity contribution in [1.82, 2.24) is 0 Å². The van der Waals surface area contributed by atoms with Crippen molar-refractivity contribution in [3.05, 3.63) is 94.3 Å². The predicted molar refractivity (Wildman–Crippen MR) is 155 cm³/mol. The first kappa shape index (κ1) is 27.4. The van der Waals surface area contributed by atoms with Crippen LogP contribution in [0, 0.1) is 18.7 Å². The second-order valence-corrected chi connectivity index (χ2v) is 11.3. The van der Waals surface area contributed by atoms with Crippen LogP contribution in [0.4, 0.5) is 8.78 Å². The molecule has 0 atom stereocenters. The molecule has 5 rings (SSSR count). The molecule has 1 saturated carbocycles. The first-order valence-electron chi connectivity index (χ1n) is 14.7. The number of alkyl halides is 1. The van der Waals surface area contributed by atoms with E-state index in [0.29, 0.717) is 6.42 Å². The van der Waals surface area contributed by atoms with Gasteiger partial charge in [0.1, 0.15) is 17.3 Å². The zero-order valence-electron chi connectivity index (χ0n) is 23.0. The van der Waals surface area contributed by atoms with Crippen LogP contribution in [0.2, 0.25) is 0 Å². The molecular weight excluding hydrogens is 490 g/mol. The third-order valence-corrected chi connectivity index (χ3v) is 8.53. The highest BCUT2D eigenvalue weighted by Crippen LogP contribution is 2.42. The van der Waals surface area contributed by atoms with Crippen molar-refractivity contribution in [2.24, 2.45) is 5.92 Å². The van der Waals surface area contributed by atoms with E-state index in [1.54, 1.807) is 18.2 Å². The fourth-order valence-corrected chi connectivity index (χ4v) is 6.47. The van der Waals surface area contributed by atoms with Gasteiger partial charge in [0.2, 0.25) is 0 Å². The number of halogens is 2. The van der Waals surface area contributed by atoms with Crippen molar-refractivity contribution in [2.75, 3.05) is 6.67 Å². The van der Waals surface area contributed by atoms with Gasteiger partial charge in [0, 0.05) is 0 Å². The van der Waals surface area contributed by atoms with Crippen molar-refractivity contribution in [3.8, 4) is 11.5 Å². The molecule has 3 aromatic carbocycles. The van der Waals surface area contributed by atoms with Crippen molar-refractivity contribution in [1.29, 1.82) is 0 Å². The number of ether oxygens (including phenoxy) is 1. The van der Waals surface area contributed by atoms with E-state index < -0.39 is 0 Å². The lowest BCUT2D eigenvalue weighted by Gasteiger charge is -2.29. The quantitative estimate of drug-likeness (QED) is 0.279. The smallest absolute Gasteiger partial charge is 0.123 e. The van der Waals surface area contributed by atoms with Gasteiger partial charge in [-0.15, -0.1) is 0 Å². The van der Waals surface area contributed by atoms with Crippen LogP contribution in [0.15, 0.2) is 60.7 Å². The third-order valence-electron chi connectivity index (χ3n) is 8.53. The molecule has 0 saturated heterocycles. The number of hydrogen-bond donors (Lipinski definition) is 1. The van der Waals surface area contributed by atoms with Gasteiger partial charge in [-0.1, -0.05) is 43.5 Å². The Labute approximate surface area is 231 Å². The van der Waals surface area contributed by atoms with Gasteiger partial charge < -0.3 is 9.84 Å². The molecule has 0 aromatic heterocycles. The van der Waals surface area contributed by atoms with Gasteiger partial charge in [0.25, 0.3) is 0 Å². The van der Waals surface area contributed by atoms with E-state index in [1.807, 2.05) is 25.1 Å². The number of benzene rings is 3. The fourth-order valence-electron chi connectivity index (χ4n) is 6.47. The minimum atomic E-state index is -0.218. The van der Waals surface area contributed by atoms with E-state index in [1.165, 1.54) is 24.8 Å². The topological polar surface area (TPSA) is 29.5 Å². The molecule has 2 nitrogen and oxygen atoms in total. The molecule has 206 valence electrons. The number of allylic oxidation sites excluding steroid dienone is 1. The molecule has 4 heteroatoms. The average molecular weight is 531 g/mol. The molecule has 0 aliphatic heterocycles. The molecule has 1 N–H and O–H groups in total. The zero-order valence-corrected chi connectivity index (χ0v) is 23.0. The molecule has 1 fully saturated rings. The largest absolute Gasteiger partial charge is 0.508 e. The minimum Gasteiger partial charge on any atom is -0.508 e. The van der Waals surface area contributed by atoms with E-state index in [2.05, 4.69) is 24.3 Å². The van der Waals surface area contributed by atoms with E-state index in [-0.39, 0.29) is 24.3 Å². The average Bonchev–Trinajstić information content (AvgIpc) is 3.11. The first-order chi connectivity index (χ1) is 19.0. The van der Waals surface area contributed by atoms with Crippen molar-refractivity contribution in [3.63, 3.8) is 0 Å². The van der Waals surface area contributed by atoms with Crippen molar-refractivity contribution >= 4 is 11.1 Å². The molecule has 39 heavy (non-hydrogen) atoms. The number of hydrogen-bond acceptors (Lipinski definition) is 2. The monoisotopic (exact) mass is 530 g/mol. The lowest BCUT2D eigenvalue weighted by Crippen LogP contribution is -2.24. The van der Waals surface area contributed by atoms with Crippen LogP contribution in [-0.2, 0) is 6.42 Å². The number of fused-ring (bicyclic) bond motifs is 1. The van der Waals surface area contributed by atoms with Gasteiger partial charge in [0.05, 0.1) is 12.8 Å². The minimum absolute atomic E-state index is 0.194. The Balaban J connectivity index is 1.37. The number of phenolic OH excluding ortho intramolecular Hbond substituents is 1. The van der Waals surface area contributed by atoms with Gasteiger partial charge in [-0.25, -0.2) is 4.39 Å². The second-order valence-electron chi connectivity index (χ2n) is 11.3. The van der Waals surface area contributed by atoms with E-state index in [9.17, 15) is 13.9 Å². The summed E-state index contributed by atoms with van der Waals surface area (Å²) < 4.78 is 32.7. The Kier molecular flexibility index (Phi) is 9.01. The van der Waals surface area contributed by atoms with Crippen molar-refractivity contribution in [2.45, 2.75) is 83.7 Å². The second kappa shape index (κ2) is 12.8. The van der Waals surface area contributed by atoms with E-state index in [0.717, 1.165) is 90.0 Å². The van der Waals surface area contributed by atoms with E-state index >= 15 is 0 Å². The summed E-state index contributed by atoms with van der Waals surface area (Å²) in [6.07, 6.45) is 11.6. The number of unbranched alkanes of at least 4 members (excludes halogenated alkanes) is 2. The van der Waals surface area contributed by atoms with Crippen LogP contribution in [-0.4, -0.2) is 17.9 Å². The fraction of sp³-hybridized carbons (Fsp3) is 0.429. The Bertz CT molecular complexity index is 1290. The summed E-state index contributed by atoms with van der Waals surface area (Å²) in [5.74, 6) is 1.71. The number of aromatic hydroxyl groups is 1. The highest BCUT2D eigenvalue weighted by atomic mass is 19.1. The molecule has 0 radical (unpaired) electrons. The summed E-state index contributed by atoms with van der Waals surface area (Å²) in [5, 5.41) is 10.2. The van der Waals surface area contributed by atoms with Gasteiger partial charge in [-0.05, 0) is 140 Å². The van der Waals surface area contributed by atoms with Crippen molar-refractivity contribution < 1.29 is 18.6 Å². The Morgan fingerprint density at radius 3 is 2.36 bits per heavy atom. The number of phenols is 1. The normalized spacial score (nSPS) is 19.5. The van der Waals surface area contributed by atoms with Gasteiger partial charge in [-0.2, -0.15) is 0 Å². The lowest BCUT2D eigenvalue weighted by molar-refractivity contribution is 0.127. The summed E-state index contributed by atoms with van der Waals surface area (Å²) >= 11 is 0. The summed E-state index contributed by atoms with van der Waals surface area (Å²) in [4.78, 5) is 0.